The van der Waals surface area contributed by atoms with Gasteiger partial charge in [-0.3, -0.25) is 10.1 Å². The van der Waals surface area contributed by atoms with Gasteiger partial charge in [0.15, 0.2) is 0 Å². The summed E-state index contributed by atoms with van der Waals surface area (Å²) in [7, 11) is 4.12. The van der Waals surface area contributed by atoms with Crippen LogP contribution < -0.4 is 19.5 Å². The summed E-state index contributed by atoms with van der Waals surface area (Å²) in [5, 5.41) is 22.5. The zero-order valence-electron chi connectivity index (χ0n) is 28.3. The third kappa shape index (κ3) is 7.96. The number of carboxylic acid groups (broad SMARTS) is 1. The molecule has 8 nitrogen and oxygen atoms in total. The van der Waals surface area contributed by atoms with Crippen LogP contribution in [0.25, 0.3) is 11.1 Å². The predicted octanol–water partition coefficient (Wildman–Crippen LogP) is 7.35. The summed E-state index contributed by atoms with van der Waals surface area (Å²) in [4.78, 5) is 13.8. The minimum Gasteiger partial charge on any atom is -0.493 e. The third-order valence-electron chi connectivity index (χ3n) is 8.91. The van der Waals surface area contributed by atoms with E-state index in [1.54, 1.807) is 12.1 Å². The van der Waals surface area contributed by atoms with Crippen LogP contribution >= 0.6 is 11.6 Å². The Morgan fingerprint density at radius 1 is 1.00 bits per heavy atom. The van der Waals surface area contributed by atoms with Crippen LogP contribution in [0.5, 0.6) is 17.2 Å². The number of hydrogen-bond donors (Lipinski definition) is 3. The molecule has 1 aliphatic carbocycles. The van der Waals surface area contributed by atoms with E-state index in [0.29, 0.717) is 35.3 Å². The first kappa shape index (κ1) is 35.2. The molecule has 0 fully saturated rings. The Morgan fingerprint density at radius 2 is 1.73 bits per heavy atom. The molecule has 254 valence electrons. The molecule has 0 saturated carbocycles. The van der Waals surface area contributed by atoms with Crippen LogP contribution in [0, 0.1) is 6.92 Å². The number of nitrogens with one attached hydrogen (secondary N) is 1. The maximum Gasteiger partial charge on any atom is 0.326 e. The first-order valence-corrected chi connectivity index (χ1v) is 16.7. The Balaban J connectivity index is 1.34. The highest BCUT2D eigenvalue weighted by atomic mass is 35.5. The average molecular weight is 673 g/mol. The number of halogens is 1. The van der Waals surface area contributed by atoms with Crippen molar-refractivity contribution in [1.29, 1.82) is 0 Å². The van der Waals surface area contributed by atoms with E-state index in [4.69, 9.17) is 25.8 Å². The lowest BCUT2D eigenvalue weighted by Gasteiger charge is -2.25. The first-order chi connectivity index (χ1) is 23.0. The maximum atomic E-state index is 11.7. The average Bonchev–Trinajstić information content (AvgIpc) is 3.48. The number of hydrogen-bond acceptors (Lipinski definition) is 7. The number of benzene rings is 4. The van der Waals surface area contributed by atoms with Gasteiger partial charge in [0.25, 0.3) is 0 Å². The lowest BCUT2D eigenvalue weighted by atomic mass is 9.91. The largest absolute Gasteiger partial charge is 0.493 e. The second kappa shape index (κ2) is 15.4. The summed E-state index contributed by atoms with van der Waals surface area (Å²) < 4.78 is 18.6. The van der Waals surface area contributed by atoms with Gasteiger partial charge in [-0.05, 0) is 105 Å². The number of aliphatic carboxylic acids is 1. The van der Waals surface area contributed by atoms with E-state index in [2.05, 4.69) is 79.8 Å². The fraction of sp³-hybridized carbons (Fsp3) is 0.359. The van der Waals surface area contributed by atoms with Gasteiger partial charge in [-0.2, -0.15) is 0 Å². The smallest absolute Gasteiger partial charge is 0.326 e. The van der Waals surface area contributed by atoms with Gasteiger partial charge in [-0.1, -0.05) is 60.1 Å². The lowest BCUT2D eigenvalue weighted by molar-refractivity contribution is -0.145. The number of aliphatic hydroxyl groups excluding tert-OH is 1. The molecule has 1 unspecified atom stereocenters. The SMILES string of the molecule is CCOc1cc(O[C@H]2CCc3c(-c4cccc(COc5ccc(CN(C)C)cc5)c4C)cccc32)c(Cl)cc1CNC(C)(CO)C(=O)O. The maximum absolute atomic E-state index is 11.7. The Morgan fingerprint density at radius 3 is 2.42 bits per heavy atom. The van der Waals surface area contributed by atoms with Crippen molar-refractivity contribution in [2.75, 3.05) is 27.3 Å². The van der Waals surface area contributed by atoms with Crippen LogP contribution in [0.15, 0.2) is 72.8 Å². The van der Waals surface area contributed by atoms with E-state index in [9.17, 15) is 15.0 Å². The highest BCUT2D eigenvalue weighted by Crippen LogP contribution is 2.43. The molecule has 1 aliphatic rings. The van der Waals surface area contributed by atoms with Crippen molar-refractivity contribution >= 4 is 17.6 Å². The van der Waals surface area contributed by atoms with Gasteiger partial charge in [-0.25, -0.2) is 0 Å². The Bertz CT molecular complexity index is 1740. The van der Waals surface area contributed by atoms with E-state index < -0.39 is 18.1 Å². The molecule has 0 aromatic heterocycles. The molecule has 48 heavy (non-hydrogen) atoms. The van der Waals surface area contributed by atoms with Gasteiger partial charge in [0.1, 0.15) is 35.5 Å². The van der Waals surface area contributed by atoms with Crippen molar-refractivity contribution in [3.8, 4) is 28.4 Å². The molecule has 5 rings (SSSR count). The minimum atomic E-state index is -1.50. The van der Waals surface area contributed by atoms with Crippen molar-refractivity contribution in [3.05, 3.63) is 111 Å². The summed E-state index contributed by atoms with van der Waals surface area (Å²) in [5.41, 5.74) is 7.51. The molecule has 0 bridgehead atoms. The quantitative estimate of drug-likeness (QED) is 0.121. The van der Waals surface area contributed by atoms with Crippen molar-refractivity contribution in [3.63, 3.8) is 0 Å². The van der Waals surface area contributed by atoms with Crippen molar-refractivity contribution in [2.45, 2.75) is 65.0 Å². The highest BCUT2D eigenvalue weighted by molar-refractivity contribution is 6.32. The Kier molecular flexibility index (Phi) is 11.3. The molecule has 2 atom stereocenters. The van der Waals surface area contributed by atoms with E-state index in [1.165, 1.54) is 34.7 Å². The van der Waals surface area contributed by atoms with Gasteiger partial charge in [0, 0.05) is 24.7 Å². The van der Waals surface area contributed by atoms with Crippen LogP contribution in [0.1, 0.15) is 59.8 Å². The van der Waals surface area contributed by atoms with Crippen molar-refractivity contribution < 1.29 is 29.2 Å². The summed E-state index contributed by atoms with van der Waals surface area (Å²) >= 11 is 6.73. The van der Waals surface area contributed by atoms with Crippen LogP contribution in [0.2, 0.25) is 5.02 Å². The van der Waals surface area contributed by atoms with Gasteiger partial charge >= 0.3 is 5.97 Å². The molecule has 0 spiro atoms. The number of rotatable bonds is 15. The van der Waals surface area contributed by atoms with Gasteiger partial charge in [0.05, 0.1) is 18.2 Å². The van der Waals surface area contributed by atoms with Crippen molar-refractivity contribution in [1.82, 2.24) is 10.2 Å². The standard InChI is InChI=1S/C39H45ClN2O6/c1-6-46-36-20-37(34(40)19-28(36)21-41-39(3,24-43)38(44)45)48-35-18-17-32-31(11-8-12-33(32)35)30-10-7-9-27(25(30)2)23-47-29-15-13-26(14-16-29)22-42(4)5/h7-16,19-20,35,41,43H,6,17-18,21-24H2,1-5H3,(H,44,45)/t35-,39?/m0/s1. The number of fused-ring (bicyclic) bond motifs is 1. The number of aliphatic hydroxyl groups is 1. The Labute approximate surface area is 288 Å². The predicted molar refractivity (Wildman–Crippen MR) is 189 cm³/mol. The second-order valence-electron chi connectivity index (χ2n) is 12.8. The van der Waals surface area contributed by atoms with Crippen LogP contribution in [0.4, 0.5) is 0 Å². The second-order valence-corrected chi connectivity index (χ2v) is 13.2. The summed E-state index contributed by atoms with van der Waals surface area (Å²) in [6, 6.07) is 24.5. The molecule has 0 radical (unpaired) electrons. The number of carbonyl (C=O) groups is 1. The van der Waals surface area contributed by atoms with Crippen LogP contribution in [-0.2, 0) is 30.9 Å². The van der Waals surface area contributed by atoms with Crippen LogP contribution in [-0.4, -0.2) is 53.9 Å². The van der Waals surface area contributed by atoms with Crippen LogP contribution in [0.3, 0.4) is 0 Å². The molecule has 4 aromatic rings. The molecule has 0 amide bonds. The molecular formula is C39H45ClN2O6. The van der Waals surface area contributed by atoms with E-state index in [1.807, 2.05) is 19.1 Å². The summed E-state index contributed by atoms with van der Waals surface area (Å²) in [5.74, 6) is 0.744. The zero-order valence-corrected chi connectivity index (χ0v) is 29.1. The minimum absolute atomic E-state index is 0.140. The molecule has 4 aromatic carbocycles. The molecule has 0 heterocycles. The highest BCUT2D eigenvalue weighted by Gasteiger charge is 2.32. The van der Waals surface area contributed by atoms with E-state index >= 15 is 0 Å². The Hall–Kier alpha value is -4.08. The fourth-order valence-electron chi connectivity index (χ4n) is 6.08. The number of nitrogens with zero attached hydrogens (tertiary/aromatic N) is 1. The zero-order chi connectivity index (χ0) is 34.4. The molecule has 3 N–H and O–H groups in total. The molecule has 0 saturated heterocycles. The monoisotopic (exact) mass is 672 g/mol. The lowest BCUT2D eigenvalue weighted by Crippen LogP contribution is -2.52. The first-order valence-electron chi connectivity index (χ1n) is 16.3. The van der Waals surface area contributed by atoms with Crippen molar-refractivity contribution in [2.24, 2.45) is 0 Å². The summed E-state index contributed by atoms with van der Waals surface area (Å²) in [6.07, 6.45) is 1.47. The topological polar surface area (TPSA) is 100 Å². The van der Waals surface area contributed by atoms with Gasteiger partial charge < -0.3 is 29.3 Å². The van der Waals surface area contributed by atoms with Gasteiger partial charge in [-0.15, -0.1) is 0 Å². The normalized spacial score (nSPS) is 15.2. The molecule has 9 heteroatoms. The fourth-order valence-corrected chi connectivity index (χ4v) is 6.31. The third-order valence-corrected chi connectivity index (χ3v) is 9.21. The van der Waals surface area contributed by atoms with E-state index in [-0.39, 0.29) is 12.6 Å². The van der Waals surface area contributed by atoms with E-state index in [0.717, 1.165) is 36.3 Å². The molecular weight excluding hydrogens is 628 g/mol. The summed E-state index contributed by atoms with van der Waals surface area (Å²) in [6.45, 7) is 6.82. The number of carboxylic acids is 1. The van der Waals surface area contributed by atoms with Gasteiger partial charge in [0.2, 0.25) is 0 Å². The number of ether oxygens (including phenoxy) is 3. The molecule has 0 aliphatic heterocycles.